The smallest absolute Gasteiger partial charge is 0.119 e. The van der Waals surface area contributed by atoms with Crippen LogP contribution in [-0.4, -0.2) is 48.6 Å². The van der Waals surface area contributed by atoms with Crippen LogP contribution in [0.5, 0.6) is 11.5 Å². The number of halogens is 2. The van der Waals surface area contributed by atoms with Gasteiger partial charge in [-0.1, -0.05) is 97.4 Å². The highest BCUT2D eigenvalue weighted by molar-refractivity contribution is 6.30. The van der Waals surface area contributed by atoms with E-state index in [1.165, 1.54) is 24.0 Å². The number of aliphatic hydroxyl groups is 2. The summed E-state index contributed by atoms with van der Waals surface area (Å²) < 4.78 is 11.9. The van der Waals surface area contributed by atoms with Gasteiger partial charge < -0.3 is 30.3 Å². The minimum Gasteiger partial charge on any atom is -0.494 e. The van der Waals surface area contributed by atoms with Crippen molar-refractivity contribution in [2.75, 3.05) is 26.3 Å². The number of hydrogen-bond acceptors (Lipinski definition) is 6. The molecule has 4 aromatic carbocycles. The van der Waals surface area contributed by atoms with Crippen molar-refractivity contribution in [2.24, 2.45) is 0 Å². The lowest BCUT2D eigenvalue weighted by atomic mass is 10.1. The fourth-order valence-electron chi connectivity index (χ4n) is 5.88. The van der Waals surface area contributed by atoms with Crippen molar-refractivity contribution in [2.45, 2.75) is 89.5 Å². The molecule has 0 amide bonds. The zero-order chi connectivity index (χ0) is 35.6. The van der Waals surface area contributed by atoms with Gasteiger partial charge in [0.2, 0.25) is 0 Å². The monoisotopic (exact) mass is 720 g/mol. The molecule has 6 nitrogen and oxygen atoms in total. The molecule has 0 spiro atoms. The Hall–Kier alpha value is -3.10. The van der Waals surface area contributed by atoms with Crippen LogP contribution >= 0.6 is 23.2 Å². The van der Waals surface area contributed by atoms with E-state index in [0.717, 1.165) is 74.4 Å². The Labute approximate surface area is 309 Å². The summed E-state index contributed by atoms with van der Waals surface area (Å²) in [5, 5.41) is 29.0. The highest BCUT2D eigenvalue weighted by Crippen LogP contribution is 2.20. The Morgan fingerprint density at radius 1 is 0.540 bits per heavy atom. The first-order valence-electron chi connectivity index (χ1n) is 18.0. The number of benzene rings is 4. The number of aliphatic hydroxyl groups excluding tert-OH is 2. The molecule has 0 saturated carbocycles. The molecule has 0 unspecified atom stereocenters. The van der Waals surface area contributed by atoms with Gasteiger partial charge in [-0.05, 0) is 110 Å². The van der Waals surface area contributed by atoms with Gasteiger partial charge in [-0.15, -0.1) is 0 Å². The molecule has 0 bridgehead atoms. The van der Waals surface area contributed by atoms with Crippen LogP contribution in [0.3, 0.4) is 0 Å². The van der Waals surface area contributed by atoms with Gasteiger partial charge in [0.05, 0.1) is 25.4 Å². The highest BCUT2D eigenvalue weighted by Gasteiger charge is 2.12. The predicted octanol–water partition coefficient (Wildman–Crippen LogP) is 9.30. The molecule has 0 aliphatic rings. The van der Waals surface area contributed by atoms with Gasteiger partial charge in [0.15, 0.2) is 0 Å². The Morgan fingerprint density at radius 2 is 0.920 bits per heavy atom. The first kappa shape index (κ1) is 39.7. The standard InChI is InChI=1S/C42H54Cl2N2O4/c1-31(45-29-41(47)35-11-9-13-37(43)27-35)25-33-15-19-39(20-16-33)49-23-7-5-3-4-6-8-24-50-40-21-17-34(18-22-40)26-32(2)46-30-42(48)36-12-10-14-38(44)28-36/h9-22,27-28,31-32,41-42,45-48H,3-8,23-26,29-30H2,1-2H3/t31-,32-,41+,42+/m1/s1. The number of rotatable bonds is 23. The molecule has 50 heavy (non-hydrogen) atoms. The van der Waals surface area contributed by atoms with E-state index in [1.807, 2.05) is 60.7 Å². The molecular formula is C42H54Cl2N2O4. The summed E-state index contributed by atoms with van der Waals surface area (Å²) in [5.74, 6) is 1.82. The van der Waals surface area contributed by atoms with Gasteiger partial charge in [0.25, 0.3) is 0 Å². The van der Waals surface area contributed by atoms with Crippen molar-refractivity contribution in [3.05, 3.63) is 129 Å². The molecule has 4 N–H and O–H groups in total. The fourth-order valence-corrected chi connectivity index (χ4v) is 6.27. The van der Waals surface area contributed by atoms with Gasteiger partial charge in [0, 0.05) is 35.2 Å². The summed E-state index contributed by atoms with van der Waals surface area (Å²) in [4.78, 5) is 0. The minimum atomic E-state index is -0.588. The van der Waals surface area contributed by atoms with Crippen molar-refractivity contribution in [1.29, 1.82) is 0 Å². The zero-order valence-corrected chi connectivity index (χ0v) is 31.0. The van der Waals surface area contributed by atoms with Crippen LogP contribution < -0.4 is 20.1 Å². The van der Waals surface area contributed by atoms with E-state index < -0.39 is 12.2 Å². The predicted molar refractivity (Wildman–Crippen MR) is 207 cm³/mol. The summed E-state index contributed by atoms with van der Waals surface area (Å²) in [6.45, 7) is 6.68. The SMILES string of the molecule is C[C@H](Cc1ccc(OCCCCCCCCOc2ccc(C[C@@H](C)NC[C@H](O)c3cccc(Cl)c3)cc2)cc1)NC[C@H](O)c1cccc(Cl)c1. The second-order valence-electron chi connectivity index (χ2n) is 13.3. The van der Waals surface area contributed by atoms with Crippen LogP contribution in [0, 0.1) is 0 Å². The number of unbranched alkanes of at least 4 members (excludes halogenated alkanes) is 5. The molecule has 8 heteroatoms. The van der Waals surface area contributed by atoms with Crippen molar-refractivity contribution >= 4 is 23.2 Å². The second-order valence-corrected chi connectivity index (χ2v) is 14.1. The molecule has 0 aromatic heterocycles. The lowest BCUT2D eigenvalue weighted by Crippen LogP contribution is -2.32. The van der Waals surface area contributed by atoms with E-state index in [-0.39, 0.29) is 12.1 Å². The average Bonchev–Trinajstić information content (AvgIpc) is 3.11. The quantitative estimate of drug-likeness (QED) is 0.0572. The Balaban J connectivity index is 0.977. The van der Waals surface area contributed by atoms with Crippen molar-refractivity contribution in [3.63, 3.8) is 0 Å². The molecule has 4 aromatic rings. The third-order valence-electron chi connectivity index (χ3n) is 8.79. The van der Waals surface area contributed by atoms with Crippen LogP contribution in [0.4, 0.5) is 0 Å². The van der Waals surface area contributed by atoms with E-state index >= 15 is 0 Å². The van der Waals surface area contributed by atoms with E-state index in [4.69, 9.17) is 32.7 Å². The molecule has 0 saturated heterocycles. The molecule has 4 rings (SSSR count). The number of nitrogens with one attached hydrogen (secondary N) is 2. The normalized spacial score (nSPS) is 13.8. The van der Waals surface area contributed by atoms with Gasteiger partial charge in [0.1, 0.15) is 11.5 Å². The average molecular weight is 722 g/mol. The van der Waals surface area contributed by atoms with Crippen molar-refractivity contribution < 1.29 is 19.7 Å². The van der Waals surface area contributed by atoms with Crippen molar-refractivity contribution in [3.8, 4) is 11.5 Å². The molecule has 0 radical (unpaired) electrons. The van der Waals surface area contributed by atoms with Gasteiger partial charge in [-0.25, -0.2) is 0 Å². The highest BCUT2D eigenvalue weighted by atomic mass is 35.5. The largest absolute Gasteiger partial charge is 0.494 e. The first-order valence-corrected chi connectivity index (χ1v) is 18.8. The molecule has 0 aliphatic heterocycles. The number of hydrogen-bond donors (Lipinski definition) is 4. The Morgan fingerprint density at radius 3 is 1.30 bits per heavy atom. The van der Waals surface area contributed by atoms with Gasteiger partial charge in [-0.2, -0.15) is 0 Å². The Bertz CT molecular complexity index is 1400. The van der Waals surface area contributed by atoms with Crippen LogP contribution in [0.25, 0.3) is 0 Å². The van der Waals surface area contributed by atoms with Crippen LogP contribution in [0.1, 0.15) is 86.8 Å². The molecule has 4 atom stereocenters. The van der Waals surface area contributed by atoms with Crippen molar-refractivity contribution in [1.82, 2.24) is 10.6 Å². The molecule has 0 aliphatic carbocycles. The summed E-state index contributed by atoms with van der Waals surface area (Å²) >= 11 is 12.1. The minimum absolute atomic E-state index is 0.228. The summed E-state index contributed by atoms with van der Waals surface area (Å²) in [6.07, 6.45) is 7.41. The summed E-state index contributed by atoms with van der Waals surface area (Å²) in [6, 6.07) is 31.9. The van der Waals surface area contributed by atoms with Crippen LogP contribution in [0.15, 0.2) is 97.1 Å². The van der Waals surface area contributed by atoms with Crippen LogP contribution in [0.2, 0.25) is 10.0 Å². The third-order valence-corrected chi connectivity index (χ3v) is 9.26. The maximum absolute atomic E-state index is 10.4. The topological polar surface area (TPSA) is 83.0 Å². The van der Waals surface area contributed by atoms with Crippen LogP contribution in [-0.2, 0) is 12.8 Å². The summed E-state index contributed by atoms with van der Waals surface area (Å²) in [5.41, 5.74) is 4.11. The molecule has 0 heterocycles. The van der Waals surface area contributed by atoms with Gasteiger partial charge in [-0.3, -0.25) is 0 Å². The zero-order valence-electron chi connectivity index (χ0n) is 29.5. The van der Waals surface area contributed by atoms with Gasteiger partial charge >= 0.3 is 0 Å². The lowest BCUT2D eigenvalue weighted by molar-refractivity contribution is 0.170. The van der Waals surface area contributed by atoms with E-state index in [9.17, 15) is 10.2 Å². The van der Waals surface area contributed by atoms with E-state index in [1.54, 1.807) is 12.1 Å². The maximum atomic E-state index is 10.4. The van der Waals surface area contributed by atoms with E-state index in [2.05, 4.69) is 48.7 Å². The summed E-state index contributed by atoms with van der Waals surface area (Å²) in [7, 11) is 0. The first-order chi connectivity index (χ1) is 24.2. The maximum Gasteiger partial charge on any atom is 0.119 e. The second kappa shape index (κ2) is 22.0. The Kier molecular flexibility index (Phi) is 17.4. The fraction of sp³-hybridized carbons (Fsp3) is 0.429. The lowest BCUT2D eigenvalue weighted by Gasteiger charge is -2.18. The van der Waals surface area contributed by atoms with E-state index in [0.29, 0.717) is 23.1 Å². The molecular weight excluding hydrogens is 667 g/mol. The molecule has 0 fully saturated rings. The third kappa shape index (κ3) is 15.0. The molecule has 270 valence electrons. The number of ether oxygens (including phenoxy) is 2.